The summed E-state index contributed by atoms with van der Waals surface area (Å²) in [5, 5.41) is 0. The zero-order chi connectivity index (χ0) is 17.0. The molecule has 23 heavy (non-hydrogen) atoms. The molecule has 1 unspecified atom stereocenters. The lowest BCUT2D eigenvalue weighted by Crippen LogP contribution is -2.18. The smallest absolute Gasteiger partial charge is 0.406 e. The van der Waals surface area contributed by atoms with Gasteiger partial charge in [0.1, 0.15) is 5.75 Å². The van der Waals surface area contributed by atoms with Gasteiger partial charge in [-0.3, -0.25) is 0 Å². The van der Waals surface area contributed by atoms with E-state index >= 15 is 0 Å². The minimum Gasteiger partial charge on any atom is -0.406 e. The van der Waals surface area contributed by atoms with Crippen molar-refractivity contribution in [3.63, 3.8) is 0 Å². The Bertz CT molecular complexity index is 656. The fourth-order valence-electron chi connectivity index (χ4n) is 2.18. The quantitative estimate of drug-likeness (QED) is 0.627. The lowest BCUT2D eigenvalue weighted by atomic mass is 9.99. The van der Waals surface area contributed by atoms with E-state index in [1.54, 1.807) is 6.07 Å². The first kappa shape index (κ1) is 18.3. The molecule has 0 spiro atoms. The topological polar surface area (TPSA) is 35.2 Å². The summed E-state index contributed by atoms with van der Waals surface area (Å²) in [6, 6.07) is 11.2. The Balaban J connectivity index is 2.06. The van der Waals surface area contributed by atoms with Gasteiger partial charge in [0.15, 0.2) is 0 Å². The second kappa shape index (κ2) is 7.68. The average molecular weight is 453 g/mol. The van der Waals surface area contributed by atoms with E-state index in [0.717, 1.165) is 14.5 Å². The minimum atomic E-state index is -4.71. The van der Waals surface area contributed by atoms with Crippen LogP contribution in [0.1, 0.15) is 23.6 Å². The highest BCUT2D eigenvalue weighted by Crippen LogP contribution is 2.30. The van der Waals surface area contributed by atoms with Crippen LogP contribution in [0.2, 0.25) is 0 Å². The van der Waals surface area contributed by atoms with Gasteiger partial charge in [-0.1, -0.05) is 50.1 Å². The maximum Gasteiger partial charge on any atom is 0.573 e. The third-order valence-corrected chi connectivity index (χ3v) is 4.77. The molecule has 0 aliphatic rings. The van der Waals surface area contributed by atoms with Crippen molar-refractivity contribution in [3.8, 4) is 5.75 Å². The summed E-state index contributed by atoms with van der Waals surface area (Å²) < 4.78 is 42.7. The van der Waals surface area contributed by atoms with Gasteiger partial charge in [0.25, 0.3) is 0 Å². The van der Waals surface area contributed by atoms with E-state index in [1.165, 1.54) is 18.2 Å². The first-order valence-corrected chi connectivity index (χ1v) is 8.39. The first-order chi connectivity index (χ1) is 10.8. The summed E-state index contributed by atoms with van der Waals surface area (Å²) in [5.74, 6) is -0.257. The van der Waals surface area contributed by atoms with Gasteiger partial charge in [-0.05, 0) is 48.2 Å². The van der Waals surface area contributed by atoms with Crippen LogP contribution in [0.4, 0.5) is 13.2 Å². The Morgan fingerprint density at radius 1 is 1.04 bits per heavy atom. The van der Waals surface area contributed by atoms with Gasteiger partial charge in [0.05, 0.1) is 0 Å². The molecule has 0 aromatic heterocycles. The second-order valence-electron chi connectivity index (χ2n) is 4.97. The Morgan fingerprint density at radius 2 is 1.65 bits per heavy atom. The zero-order valence-corrected chi connectivity index (χ0v) is 15.1. The van der Waals surface area contributed by atoms with Crippen LogP contribution in [0.15, 0.2) is 51.4 Å². The van der Waals surface area contributed by atoms with E-state index in [1.807, 2.05) is 18.2 Å². The standard InChI is InChI=1S/C16H14Br2F3NO/c17-13-5-2-6-14(18)12(13)7-8-15(22)10-3-1-4-11(9-10)23-16(19,20)21/h1-6,9,15H,7-8,22H2. The fourth-order valence-corrected chi connectivity index (χ4v) is 3.57. The monoisotopic (exact) mass is 451 g/mol. The second-order valence-corrected chi connectivity index (χ2v) is 6.67. The van der Waals surface area contributed by atoms with Gasteiger partial charge in [0, 0.05) is 15.0 Å². The van der Waals surface area contributed by atoms with Crippen molar-refractivity contribution in [2.45, 2.75) is 25.2 Å². The van der Waals surface area contributed by atoms with Crippen LogP contribution < -0.4 is 10.5 Å². The molecule has 124 valence electrons. The van der Waals surface area contributed by atoms with Crippen LogP contribution in [-0.2, 0) is 6.42 Å². The van der Waals surface area contributed by atoms with Gasteiger partial charge >= 0.3 is 6.36 Å². The molecule has 0 saturated carbocycles. The number of nitrogens with two attached hydrogens (primary N) is 1. The maximum atomic E-state index is 12.3. The predicted molar refractivity (Wildman–Crippen MR) is 90.2 cm³/mol. The van der Waals surface area contributed by atoms with Crippen LogP contribution in [0.5, 0.6) is 5.75 Å². The Morgan fingerprint density at radius 3 is 2.26 bits per heavy atom. The van der Waals surface area contributed by atoms with E-state index in [4.69, 9.17) is 5.73 Å². The van der Waals surface area contributed by atoms with Crippen LogP contribution >= 0.6 is 31.9 Å². The highest BCUT2D eigenvalue weighted by atomic mass is 79.9. The average Bonchev–Trinajstić information content (AvgIpc) is 2.45. The SMILES string of the molecule is NC(CCc1c(Br)cccc1Br)c1cccc(OC(F)(F)F)c1. The normalized spacial score (nSPS) is 13.0. The first-order valence-electron chi connectivity index (χ1n) is 6.80. The third-order valence-electron chi connectivity index (χ3n) is 3.29. The van der Waals surface area contributed by atoms with Gasteiger partial charge in [-0.15, -0.1) is 13.2 Å². The van der Waals surface area contributed by atoms with Crippen molar-refractivity contribution in [2.75, 3.05) is 0 Å². The summed E-state index contributed by atoms with van der Waals surface area (Å²) in [6.45, 7) is 0. The molecular weight excluding hydrogens is 439 g/mol. The molecule has 2 rings (SSSR count). The van der Waals surface area contributed by atoms with E-state index in [2.05, 4.69) is 36.6 Å². The lowest BCUT2D eigenvalue weighted by Gasteiger charge is -2.15. The highest BCUT2D eigenvalue weighted by molar-refractivity contribution is 9.11. The predicted octanol–water partition coefficient (Wildman–Crippen LogP) is 5.74. The summed E-state index contributed by atoms with van der Waals surface area (Å²) in [4.78, 5) is 0. The van der Waals surface area contributed by atoms with Crippen LogP contribution in [0, 0.1) is 0 Å². The van der Waals surface area contributed by atoms with Gasteiger partial charge in [-0.25, -0.2) is 0 Å². The number of hydrogen-bond acceptors (Lipinski definition) is 2. The van der Waals surface area contributed by atoms with E-state index < -0.39 is 6.36 Å². The van der Waals surface area contributed by atoms with E-state index in [9.17, 15) is 13.2 Å². The minimum absolute atomic E-state index is 0.257. The molecule has 0 amide bonds. The molecule has 0 aliphatic heterocycles. The largest absolute Gasteiger partial charge is 0.573 e. The summed E-state index contributed by atoms with van der Waals surface area (Å²) in [6.07, 6.45) is -3.42. The number of halogens is 5. The number of benzene rings is 2. The van der Waals surface area contributed by atoms with Crippen molar-refractivity contribution >= 4 is 31.9 Å². The molecule has 7 heteroatoms. The molecule has 0 saturated heterocycles. The summed E-state index contributed by atoms with van der Waals surface area (Å²) >= 11 is 6.96. The molecule has 2 aromatic carbocycles. The van der Waals surface area contributed by atoms with Gasteiger partial charge < -0.3 is 10.5 Å². The molecule has 1 atom stereocenters. The molecule has 0 fully saturated rings. The number of ether oxygens (including phenoxy) is 1. The molecule has 0 heterocycles. The lowest BCUT2D eigenvalue weighted by molar-refractivity contribution is -0.274. The Hall–Kier alpha value is -1.05. The molecule has 2 nitrogen and oxygen atoms in total. The number of rotatable bonds is 5. The van der Waals surface area contributed by atoms with Crippen molar-refractivity contribution in [2.24, 2.45) is 5.73 Å². The zero-order valence-electron chi connectivity index (χ0n) is 11.9. The highest BCUT2D eigenvalue weighted by Gasteiger charge is 2.31. The molecule has 0 aliphatic carbocycles. The number of alkyl halides is 3. The molecule has 0 bridgehead atoms. The summed E-state index contributed by atoms with van der Waals surface area (Å²) in [5.41, 5.74) is 7.79. The Kier molecular flexibility index (Phi) is 6.11. The third kappa shape index (κ3) is 5.51. The molecule has 0 radical (unpaired) electrons. The maximum absolute atomic E-state index is 12.3. The van der Waals surface area contributed by atoms with E-state index in [-0.39, 0.29) is 11.8 Å². The van der Waals surface area contributed by atoms with Crippen molar-refractivity contribution in [1.82, 2.24) is 0 Å². The van der Waals surface area contributed by atoms with Crippen LogP contribution in [-0.4, -0.2) is 6.36 Å². The Labute approximate surface area is 149 Å². The summed E-state index contributed by atoms with van der Waals surface area (Å²) in [7, 11) is 0. The van der Waals surface area contributed by atoms with E-state index in [0.29, 0.717) is 18.4 Å². The molecule has 2 N–H and O–H groups in total. The van der Waals surface area contributed by atoms with Crippen molar-refractivity contribution < 1.29 is 17.9 Å². The van der Waals surface area contributed by atoms with Gasteiger partial charge in [0.2, 0.25) is 0 Å². The molecule has 2 aromatic rings. The van der Waals surface area contributed by atoms with Crippen molar-refractivity contribution in [1.29, 1.82) is 0 Å². The van der Waals surface area contributed by atoms with Crippen LogP contribution in [0.3, 0.4) is 0 Å². The number of hydrogen-bond donors (Lipinski definition) is 1. The van der Waals surface area contributed by atoms with Crippen LogP contribution in [0.25, 0.3) is 0 Å². The fraction of sp³-hybridized carbons (Fsp3) is 0.250. The van der Waals surface area contributed by atoms with Crippen molar-refractivity contribution in [3.05, 3.63) is 62.5 Å². The molecular formula is C16H14Br2F3NO. The van der Waals surface area contributed by atoms with Gasteiger partial charge in [-0.2, -0.15) is 0 Å².